The lowest BCUT2D eigenvalue weighted by molar-refractivity contribution is -0.617. The number of hydrogen-bond donors (Lipinski definition) is 0. The van der Waals surface area contributed by atoms with E-state index in [-0.39, 0.29) is 0 Å². The van der Waals surface area contributed by atoms with Crippen molar-refractivity contribution in [2.24, 2.45) is 7.05 Å². The van der Waals surface area contributed by atoms with Crippen LogP contribution >= 0.6 is 0 Å². The molecule has 0 saturated carbocycles. The lowest BCUT2D eigenvalue weighted by atomic mass is 9.97. The van der Waals surface area contributed by atoms with E-state index in [9.17, 15) is 0 Å². The van der Waals surface area contributed by atoms with Gasteiger partial charge in [-0.2, -0.15) is 4.40 Å². The summed E-state index contributed by atoms with van der Waals surface area (Å²) in [5, 5.41) is 4.02. The standard InChI is InChI=1S/C31H32N3Si/c1-19-12-10-13-20(2)27(19)22-18-21(3)28-30(32-22)29-25(16-11-17-26(29)35(5,6)7)34-24-15-9-8-14-23(24)33(4)31(28)34/h8-18H,1-7H3/q+1. The molecule has 4 heteroatoms. The van der Waals surface area contributed by atoms with E-state index >= 15 is 0 Å². The first-order valence-corrected chi connectivity index (χ1v) is 15.9. The third-order valence-corrected chi connectivity index (χ3v) is 9.55. The predicted octanol–water partition coefficient (Wildman–Crippen LogP) is 6.76. The molecule has 3 nitrogen and oxygen atoms in total. The monoisotopic (exact) mass is 474 g/mol. The molecule has 6 rings (SSSR count). The summed E-state index contributed by atoms with van der Waals surface area (Å²) in [6.45, 7) is 14.0. The first-order chi connectivity index (χ1) is 16.7. The van der Waals surface area contributed by atoms with Crippen molar-refractivity contribution in [1.29, 1.82) is 0 Å². The maximum atomic E-state index is 5.49. The first-order valence-electron chi connectivity index (χ1n) is 12.4. The Morgan fingerprint density at radius 3 is 2.11 bits per heavy atom. The summed E-state index contributed by atoms with van der Waals surface area (Å²) in [5.41, 5.74) is 12.2. The summed E-state index contributed by atoms with van der Waals surface area (Å²) in [5.74, 6) is 0. The third-order valence-electron chi connectivity index (χ3n) is 7.52. The Morgan fingerprint density at radius 2 is 1.40 bits per heavy atom. The highest BCUT2D eigenvalue weighted by molar-refractivity contribution is 6.90. The molecule has 174 valence electrons. The Hall–Kier alpha value is -3.50. The van der Waals surface area contributed by atoms with E-state index in [1.165, 1.54) is 60.4 Å². The summed E-state index contributed by atoms with van der Waals surface area (Å²) >= 11 is 0. The molecule has 3 aromatic carbocycles. The summed E-state index contributed by atoms with van der Waals surface area (Å²) in [6, 6.07) is 24.4. The molecule has 0 aliphatic rings. The molecule has 0 radical (unpaired) electrons. The van der Waals surface area contributed by atoms with Crippen molar-refractivity contribution in [3.05, 3.63) is 83.4 Å². The molecule has 0 N–H and O–H groups in total. The number of imidazole rings is 1. The molecule has 35 heavy (non-hydrogen) atoms. The Balaban J connectivity index is 1.94. The number of benzene rings is 3. The van der Waals surface area contributed by atoms with Crippen LogP contribution in [0.1, 0.15) is 16.7 Å². The van der Waals surface area contributed by atoms with Crippen molar-refractivity contribution in [3.8, 4) is 11.3 Å². The van der Waals surface area contributed by atoms with E-state index in [1.54, 1.807) is 0 Å². The molecule has 6 aromatic rings. The van der Waals surface area contributed by atoms with Crippen LogP contribution in [-0.2, 0) is 7.05 Å². The Kier molecular flexibility index (Phi) is 4.71. The summed E-state index contributed by atoms with van der Waals surface area (Å²) in [7, 11) is 0.526. The van der Waals surface area contributed by atoms with Crippen molar-refractivity contribution in [3.63, 3.8) is 0 Å². The van der Waals surface area contributed by atoms with Gasteiger partial charge >= 0.3 is 0 Å². The van der Waals surface area contributed by atoms with Gasteiger partial charge in [-0.3, -0.25) is 0 Å². The van der Waals surface area contributed by atoms with Crippen molar-refractivity contribution < 1.29 is 4.57 Å². The average molecular weight is 475 g/mol. The fourth-order valence-electron chi connectivity index (χ4n) is 5.92. The largest absolute Gasteiger partial charge is 0.297 e. The molecule has 0 saturated heterocycles. The van der Waals surface area contributed by atoms with E-state index < -0.39 is 8.07 Å². The second-order valence-corrected chi connectivity index (χ2v) is 16.0. The number of fused-ring (bicyclic) bond motifs is 8. The highest BCUT2D eigenvalue weighted by Crippen LogP contribution is 2.35. The maximum absolute atomic E-state index is 5.49. The van der Waals surface area contributed by atoms with Crippen LogP contribution in [0.25, 0.3) is 49.7 Å². The molecular weight excluding hydrogens is 442 g/mol. The van der Waals surface area contributed by atoms with Gasteiger partial charge in [0, 0.05) is 10.9 Å². The fraction of sp³-hybridized carbons (Fsp3) is 0.226. The van der Waals surface area contributed by atoms with Gasteiger partial charge in [-0.25, -0.2) is 9.55 Å². The zero-order valence-electron chi connectivity index (χ0n) is 21.7. The zero-order valence-corrected chi connectivity index (χ0v) is 22.7. The van der Waals surface area contributed by atoms with Crippen molar-refractivity contribution in [1.82, 2.24) is 9.38 Å². The normalized spacial score (nSPS) is 12.4. The van der Waals surface area contributed by atoms with Gasteiger partial charge in [-0.05, 0) is 66.9 Å². The van der Waals surface area contributed by atoms with E-state index in [1.807, 2.05) is 0 Å². The van der Waals surface area contributed by atoms with Crippen LogP contribution in [0, 0.1) is 20.8 Å². The second kappa shape index (κ2) is 7.50. The molecule has 0 aliphatic carbocycles. The molecule has 0 spiro atoms. The average Bonchev–Trinajstić information content (AvgIpc) is 3.11. The molecule has 0 fully saturated rings. The van der Waals surface area contributed by atoms with Crippen molar-refractivity contribution in [2.45, 2.75) is 40.4 Å². The van der Waals surface area contributed by atoms with Crippen LogP contribution in [0.2, 0.25) is 19.6 Å². The molecule has 0 bridgehead atoms. The van der Waals surface area contributed by atoms with Gasteiger partial charge in [-0.1, -0.05) is 62.1 Å². The predicted molar refractivity (Wildman–Crippen MR) is 152 cm³/mol. The molecule has 0 amide bonds. The molecule has 0 aliphatic heterocycles. The SMILES string of the molecule is Cc1cccc(C)c1-c1cc(C)c2c(n1)c1c([Si](C)(C)C)cccc1n1c3ccccc3[n+](C)c21. The number of aromatic nitrogens is 3. The number of aryl methyl sites for hydroxylation is 4. The lowest BCUT2D eigenvalue weighted by Gasteiger charge is -2.20. The van der Waals surface area contributed by atoms with Gasteiger partial charge in [0.1, 0.15) is 5.52 Å². The molecule has 3 aromatic heterocycles. The van der Waals surface area contributed by atoms with Crippen LogP contribution in [0.3, 0.4) is 0 Å². The minimum Gasteiger partial charge on any atom is -0.247 e. The number of hydrogen-bond acceptors (Lipinski definition) is 1. The highest BCUT2D eigenvalue weighted by Gasteiger charge is 2.29. The van der Waals surface area contributed by atoms with E-state index in [0.717, 1.165) is 11.2 Å². The van der Waals surface area contributed by atoms with Crippen molar-refractivity contribution in [2.75, 3.05) is 0 Å². The van der Waals surface area contributed by atoms with Crippen LogP contribution in [0.4, 0.5) is 0 Å². The molecule has 0 unspecified atom stereocenters. The smallest absolute Gasteiger partial charge is 0.247 e. The van der Waals surface area contributed by atoms with Gasteiger partial charge in [0.2, 0.25) is 0 Å². The van der Waals surface area contributed by atoms with Crippen LogP contribution in [0.5, 0.6) is 0 Å². The van der Waals surface area contributed by atoms with E-state index in [2.05, 4.69) is 123 Å². The van der Waals surface area contributed by atoms with Crippen LogP contribution < -0.4 is 9.75 Å². The maximum Gasteiger partial charge on any atom is 0.297 e. The quantitative estimate of drug-likeness (QED) is 0.154. The van der Waals surface area contributed by atoms with Crippen LogP contribution in [0.15, 0.2) is 66.7 Å². The number of para-hydroxylation sites is 2. The van der Waals surface area contributed by atoms with Crippen LogP contribution in [-0.4, -0.2) is 17.5 Å². The number of nitrogens with zero attached hydrogens (tertiary/aromatic N) is 3. The lowest BCUT2D eigenvalue weighted by Crippen LogP contribution is -2.38. The first kappa shape index (κ1) is 22.0. The fourth-order valence-corrected chi connectivity index (χ4v) is 7.51. The molecule has 3 heterocycles. The van der Waals surface area contributed by atoms with E-state index in [4.69, 9.17) is 4.98 Å². The number of pyridine rings is 2. The minimum absolute atomic E-state index is 1.07. The highest BCUT2D eigenvalue weighted by atomic mass is 28.3. The Labute approximate surface area is 207 Å². The van der Waals surface area contributed by atoms with Gasteiger partial charge in [0.25, 0.3) is 5.65 Å². The molecule has 0 atom stereocenters. The number of rotatable bonds is 2. The van der Waals surface area contributed by atoms with Gasteiger partial charge < -0.3 is 0 Å². The second-order valence-electron chi connectivity index (χ2n) is 11.0. The zero-order chi connectivity index (χ0) is 24.6. The van der Waals surface area contributed by atoms with Gasteiger partial charge in [-0.15, -0.1) is 0 Å². The van der Waals surface area contributed by atoms with Gasteiger partial charge in [0.05, 0.1) is 31.7 Å². The van der Waals surface area contributed by atoms with E-state index in [0.29, 0.717) is 0 Å². The summed E-state index contributed by atoms with van der Waals surface area (Å²) < 4.78 is 4.80. The Morgan fingerprint density at radius 1 is 0.743 bits per heavy atom. The molecular formula is C31H32N3Si+. The third kappa shape index (κ3) is 3.09. The summed E-state index contributed by atoms with van der Waals surface area (Å²) in [6.07, 6.45) is 0. The Bertz CT molecular complexity index is 1800. The minimum atomic E-state index is -1.66. The topological polar surface area (TPSA) is 21.2 Å². The van der Waals surface area contributed by atoms with Gasteiger partial charge in [0.15, 0.2) is 11.0 Å². The van der Waals surface area contributed by atoms with Crippen molar-refractivity contribution >= 4 is 51.7 Å². The summed E-state index contributed by atoms with van der Waals surface area (Å²) in [4.78, 5) is 5.49.